The molecule has 0 aliphatic heterocycles. The lowest BCUT2D eigenvalue weighted by molar-refractivity contribution is -0.116. The molecule has 2 aromatic rings. The first-order valence-electron chi connectivity index (χ1n) is 4.47. The van der Waals surface area contributed by atoms with Crippen molar-refractivity contribution in [2.75, 3.05) is 5.32 Å². The van der Waals surface area contributed by atoms with Gasteiger partial charge in [-0.3, -0.25) is 9.78 Å². The highest BCUT2D eigenvalue weighted by Gasteiger charge is 2.06. The van der Waals surface area contributed by atoms with Gasteiger partial charge in [-0.25, -0.2) is 9.67 Å². The number of halogens is 1. The van der Waals surface area contributed by atoms with Gasteiger partial charge in [-0.15, -0.1) is 0 Å². The summed E-state index contributed by atoms with van der Waals surface area (Å²) >= 11 is 3.29. The van der Waals surface area contributed by atoms with Gasteiger partial charge in [0.15, 0.2) is 0 Å². The number of hydrogen-bond donors (Lipinski definition) is 1. The average Bonchev–Trinajstić information content (AvgIpc) is 2.74. The number of carbonyl (C=O) groups is 1. The maximum absolute atomic E-state index is 11.6. The molecule has 0 aliphatic rings. The number of anilines is 1. The lowest BCUT2D eigenvalue weighted by atomic mass is 10.4. The van der Waals surface area contributed by atoms with E-state index >= 15 is 0 Å². The maximum atomic E-state index is 11.6. The van der Waals surface area contributed by atoms with Gasteiger partial charge in [-0.05, 0) is 22.0 Å². The van der Waals surface area contributed by atoms with Crippen molar-refractivity contribution in [3.8, 4) is 0 Å². The highest BCUT2D eigenvalue weighted by Crippen LogP contribution is 2.19. The van der Waals surface area contributed by atoms with E-state index in [4.69, 9.17) is 0 Å². The first-order chi connectivity index (χ1) is 7.75. The van der Waals surface area contributed by atoms with Crippen LogP contribution in [0.3, 0.4) is 0 Å². The summed E-state index contributed by atoms with van der Waals surface area (Å²) in [5.74, 6) is -0.169. The van der Waals surface area contributed by atoms with E-state index < -0.39 is 0 Å². The van der Waals surface area contributed by atoms with E-state index in [9.17, 15) is 4.79 Å². The molecule has 0 saturated carbocycles. The normalized spacial score (nSPS) is 10.1. The highest BCUT2D eigenvalue weighted by atomic mass is 79.9. The summed E-state index contributed by atoms with van der Waals surface area (Å²) in [6.07, 6.45) is 6.09. The zero-order chi connectivity index (χ0) is 11.4. The molecule has 82 valence electrons. The first kappa shape index (κ1) is 10.7. The molecule has 0 spiro atoms. The second-order valence-electron chi connectivity index (χ2n) is 3.00. The summed E-state index contributed by atoms with van der Waals surface area (Å²) in [7, 11) is 0. The Morgan fingerprint density at radius 2 is 2.38 bits per heavy atom. The molecule has 2 aromatic heterocycles. The number of pyridine rings is 1. The minimum absolute atomic E-state index is 0.134. The molecule has 1 N–H and O–H groups in total. The van der Waals surface area contributed by atoms with E-state index in [2.05, 4.69) is 36.3 Å². The number of carbonyl (C=O) groups excluding carboxylic acids is 1. The van der Waals surface area contributed by atoms with Crippen LogP contribution in [-0.4, -0.2) is 25.7 Å². The average molecular weight is 282 g/mol. The Hall–Kier alpha value is -1.76. The van der Waals surface area contributed by atoms with Crippen molar-refractivity contribution in [3.05, 3.63) is 35.6 Å². The highest BCUT2D eigenvalue weighted by molar-refractivity contribution is 9.10. The molecule has 0 unspecified atom stereocenters. The van der Waals surface area contributed by atoms with E-state index in [-0.39, 0.29) is 12.5 Å². The zero-order valence-electron chi connectivity index (χ0n) is 8.17. The van der Waals surface area contributed by atoms with Gasteiger partial charge in [-0.1, -0.05) is 0 Å². The number of rotatable bonds is 3. The monoisotopic (exact) mass is 281 g/mol. The Morgan fingerprint density at radius 3 is 3.06 bits per heavy atom. The van der Waals surface area contributed by atoms with Crippen molar-refractivity contribution in [2.45, 2.75) is 6.54 Å². The van der Waals surface area contributed by atoms with Crippen molar-refractivity contribution in [2.24, 2.45) is 0 Å². The lowest BCUT2D eigenvalue weighted by Crippen LogP contribution is -2.19. The second kappa shape index (κ2) is 4.84. The van der Waals surface area contributed by atoms with Gasteiger partial charge >= 0.3 is 0 Å². The number of hydrogen-bond acceptors (Lipinski definition) is 4. The third-order valence-electron chi connectivity index (χ3n) is 1.82. The van der Waals surface area contributed by atoms with Crippen LogP contribution in [0.1, 0.15) is 0 Å². The van der Waals surface area contributed by atoms with Crippen LogP contribution < -0.4 is 5.32 Å². The topological polar surface area (TPSA) is 72.7 Å². The summed E-state index contributed by atoms with van der Waals surface area (Å²) in [6, 6.07) is 1.71. The quantitative estimate of drug-likeness (QED) is 0.914. The number of amides is 1. The van der Waals surface area contributed by atoms with Crippen molar-refractivity contribution in [3.63, 3.8) is 0 Å². The molecule has 2 heterocycles. The van der Waals surface area contributed by atoms with E-state index in [1.807, 2.05) is 0 Å². The fraction of sp³-hybridized carbons (Fsp3) is 0.111. The molecule has 0 aromatic carbocycles. The molecule has 0 bridgehead atoms. The minimum atomic E-state index is -0.169. The van der Waals surface area contributed by atoms with Crippen LogP contribution in [0.5, 0.6) is 0 Å². The third kappa shape index (κ3) is 2.63. The van der Waals surface area contributed by atoms with Crippen LogP contribution in [0.15, 0.2) is 35.6 Å². The Morgan fingerprint density at radius 1 is 1.50 bits per heavy atom. The van der Waals surface area contributed by atoms with Crippen LogP contribution in [0.25, 0.3) is 0 Å². The van der Waals surface area contributed by atoms with Gasteiger partial charge in [0.25, 0.3) is 0 Å². The van der Waals surface area contributed by atoms with Gasteiger partial charge in [0.2, 0.25) is 5.91 Å². The standard InChI is InChI=1S/C9H8BrN5O/c10-7-3-11-2-1-8(7)14-9(16)4-15-6-12-5-13-15/h1-3,5-6H,4H2,(H,11,14,16). The number of nitrogens with one attached hydrogen (secondary N) is 1. The summed E-state index contributed by atoms with van der Waals surface area (Å²) in [5, 5.41) is 6.57. The van der Waals surface area contributed by atoms with E-state index in [0.717, 1.165) is 4.47 Å². The van der Waals surface area contributed by atoms with Crippen LogP contribution in [0, 0.1) is 0 Å². The smallest absolute Gasteiger partial charge is 0.246 e. The Kier molecular flexibility index (Phi) is 3.25. The van der Waals surface area contributed by atoms with E-state index in [1.54, 1.807) is 18.5 Å². The number of nitrogens with zero attached hydrogens (tertiary/aromatic N) is 4. The molecule has 6 nitrogen and oxygen atoms in total. The molecule has 0 aliphatic carbocycles. The van der Waals surface area contributed by atoms with Crippen LogP contribution in [0.4, 0.5) is 5.69 Å². The zero-order valence-corrected chi connectivity index (χ0v) is 9.75. The summed E-state index contributed by atoms with van der Waals surface area (Å²) < 4.78 is 2.19. The Labute approximate surface area is 99.8 Å². The lowest BCUT2D eigenvalue weighted by Gasteiger charge is -2.06. The van der Waals surface area contributed by atoms with Crippen molar-refractivity contribution in [1.82, 2.24) is 19.7 Å². The molecule has 16 heavy (non-hydrogen) atoms. The van der Waals surface area contributed by atoms with Gasteiger partial charge in [-0.2, -0.15) is 5.10 Å². The molecular formula is C9H8BrN5O. The van der Waals surface area contributed by atoms with Crippen molar-refractivity contribution < 1.29 is 4.79 Å². The van der Waals surface area contributed by atoms with Gasteiger partial charge < -0.3 is 5.32 Å². The fourth-order valence-electron chi connectivity index (χ4n) is 1.13. The Bertz CT molecular complexity index is 484. The molecule has 2 rings (SSSR count). The van der Waals surface area contributed by atoms with Gasteiger partial charge in [0.1, 0.15) is 19.2 Å². The van der Waals surface area contributed by atoms with Crippen LogP contribution in [0.2, 0.25) is 0 Å². The molecular weight excluding hydrogens is 274 g/mol. The molecule has 0 atom stereocenters. The largest absolute Gasteiger partial charge is 0.323 e. The van der Waals surface area contributed by atoms with E-state index in [1.165, 1.54) is 17.3 Å². The second-order valence-corrected chi connectivity index (χ2v) is 3.85. The van der Waals surface area contributed by atoms with Crippen LogP contribution >= 0.6 is 15.9 Å². The molecule has 0 fully saturated rings. The molecule has 0 radical (unpaired) electrons. The summed E-state index contributed by atoms with van der Waals surface area (Å²) in [4.78, 5) is 19.2. The third-order valence-corrected chi connectivity index (χ3v) is 2.45. The summed E-state index contributed by atoms with van der Waals surface area (Å²) in [5.41, 5.74) is 0.681. The molecule has 0 saturated heterocycles. The fourth-order valence-corrected chi connectivity index (χ4v) is 1.48. The SMILES string of the molecule is O=C(Cn1cncn1)Nc1ccncc1Br. The van der Waals surface area contributed by atoms with Gasteiger partial charge in [0, 0.05) is 12.4 Å². The predicted octanol–water partition coefficient (Wildman–Crippen LogP) is 1.07. The van der Waals surface area contributed by atoms with Gasteiger partial charge in [0.05, 0.1) is 10.2 Å². The number of aromatic nitrogens is 4. The van der Waals surface area contributed by atoms with Crippen molar-refractivity contribution >= 4 is 27.5 Å². The predicted molar refractivity (Wildman–Crippen MR) is 60.6 cm³/mol. The summed E-state index contributed by atoms with van der Waals surface area (Å²) in [6.45, 7) is 0.134. The first-order valence-corrected chi connectivity index (χ1v) is 5.27. The molecule has 7 heteroatoms. The van der Waals surface area contributed by atoms with Crippen molar-refractivity contribution in [1.29, 1.82) is 0 Å². The molecule has 1 amide bonds. The van der Waals surface area contributed by atoms with E-state index in [0.29, 0.717) is 5.69 Å². The Balaban J connectivity index is 2.00. The maximum Gasteiger partial charge on any atom is 0.246 e. The minimum Gasteiger partial charge on any atom is -0.323 e. The van der Waals surface area contributed by atoms with Crippen LogP contribution in [-0.2, 0) is 11.3 Å².